The molecule has 0 spiro atoms. The Balaban J connectivity index is 1.96. The maximum absolute atomic E-state index is 14.3. The Bertz CT molecular complexity index is 951. The van der Waals surface area contributed by atoms with Crippen molar-refractivity contribution >= 4 is 15.9 Å². The van der Waals surface area contributed by atoms with Crippen molar-refractivity contribution in [2.24, 2.45) is 7.05 Å². The Hall–Kier alpha value is -2.48. The lowest BCUT2D eigenvalue weighted by Gasteiger charge is -2.12. The monoisotopic (exact) mass is 392 g/mol. The van der Waals surface area contributed by atoms with Crippen LogP contribution in [0, 0.1) is 12.7 Å². The van der Waals surface area contributed by atoms with Crippen molar-refractivity contribution < 1.29 is 9.13 Å². The molecular weight excluding hydrogens is 379 g/mol. The molecule has 0 aliphatic carbocycles. The molecule has 6 nitrogen and oxygen atoms in total. The van der Waals surface area contributed by atoms with Crippen LogP contribution in [0.5, 0.6) is 5.75 Å². The second kappa shape index (κ2) is 6.56. The number of hydrogen-bond donors (Lipinski definition) is 0. The van der Waals surface area contributed by atoms with Gasteiger partial charge in [0.15, 0.2) is 0 Å². The van der Waals surface area contributed by atoms with E-state index in [1.54, 1.807) is 12.1 Å². The smallest absolute Gasteiger partial charge is 0.368 e. The number of hydrogen-bond acceptors (Lipinski definition) is 4. The second-order valence-electron chi connectivity index (χ2n) is 5.26. The number of benzene rings is 2. The van der Waals surface area contributed by atoms with E-state index in [0.29, 0.717) is 11.4 Å². The van der Waals surface area contributed by atoms with Crippen LogP contribution in [-0.2, 0) is 13.7 Å². The Morgan fingerprint density at radius 3 is 2.71 bits per heavy atom. The molecule has 24 heavy (non-hydrogen) atoms. The Morgan fingerprint density at radius 2 is 2.04 bits per heavy atom. The van der Waals surface area contributed by atoms with E-state index in [1.165, 1.54) is 19.2 Å². The van der Waals surface area contributed by atoms with Crippen molar-refractivity contribution in [2.75, 3.05) is 0 Å². The lowest BCUT2D eigenvalue weighted by atomic mass is 10.1. The molecule has 3 aromatic rings. The summed E-state index contributed by atoms with van der Waals surface area (Å²) in [5, 5.41) is 7.41. The van der Waals surface area contributed by atoms with Crippen molar-refractivity contribution in [1.82, 2.24) is 19.8 Å². The summed E-state index contributed by atoms with van der Waals surface area (Å²) in [6, 6.07) is 10.0. The molecule has 124 valence electrons. The first-order valence-corrected chi connectivity index (χ1v) is 7.92. The Kier molecular flexibility index (Phi) is 4.48. The minimum atomic E-state index is -0.478. The topological polar surface area (TPSA) is 61.9 Å². The summed E-state index contributed by atoms with van der Waals surface area (Å²) in [5.74, 6) is 0.106. The largest absolute Gasteiger partial charge is 0.488 e. The van der Waals surface area contributed by atoms with E-state index in [1.807, 2.05) is 19.1 Å². The maximum atomic E-state index is 14.3. The van der Waals surface area contributed by atoms with Crippen LogP contribution in [0.25, 0.3) is 5.69 Å². The summed E-state index contributed by atoms with van der Waals surface area (Å²) in [6.07, 6.45) is 0. The third-order valence-corrected chi connectivity index (χ3v) is 4.12. The molecule has 0 aliphatic rings. The first kappa shape index (κ1) is 16.4. The van der Waals surface area contributed by atoms with Gasteiger partial charge in [0.05, 0.1) is 15.7 Å². The molecule has 0 unspecified atom stereocenters. The van der Waals surface area contributed by atoms with Gasteiger partial charge in [-0.3, -0.25) is 0 Å². The lowest BCUT2D eigenvalue weighted by Crippen LogP contribution is -2.23. The van der Waals surface area contributed by atoms with Gasteiger partial charge in [-0.05, 0) is 63.1 Å². The average Bonchev–Trinajstić information content (AvgIpc) is 2.87. The Labute approximate surface area is 145 Å². The maximum Gasteiger partial charge on any atom is 0.368 e. The van der Waals surface area contributed by atoms with Gasteiger partial charge in [-0.25, -0.2) is 9.18 Å². The molecule has 0 radical (unpaired) electrons. The van der Waals surface area contributed by atoms with Crippen LogP contribution in [0.4, 0.5) is 4.39 Å². The predicted octanol–water partition coefficient (Wildman–Crippen LogP) is 2.76. The molecular formula is C16H14BrFN4O2. The fraction of sp³-hybridized carbons (Fsp3) is 0.188. The van der Waals surface area contributed by atoms with Crippen molar-refractivity contribution in [3.63, 3.8) is 0 Å². The van der Waals surface area contributed by atoms with E-state index < -0.39 is 11.5 Å². The van der Waals surface area contributed by atoms with E-state index in [0.717, 1.165) is 19.4 Å². The molecule has 0 saturated carbocycles. The molecule has 3 rings (SSSR count). The van der Waals surface area contributed by atoms with Gasteiger partial charge in [-0.2, -0.15) is 9.36 Å². The van der Waals surface area contributed by atoms with Gasteiger partial charge in [-0.15, -0.1) is 0 Å². The third-order valence-electron chi connectivity index (χ3n) is 3.50. The zero-order valence-electron chi connectivity index (χ0n) is 13.0. The van der Waals surface area contributed by atoms with Gasteiger partial charge in [0.25, 0.3) is 0 Å². The van der Waals surface area contributed by atoms with Crippen LogP contribution in [0.2, 0.25) is 0 Å². The quantitative estimate of drug-likeness (QED) is 0.684. The van der Waals surface area contributed by atoms with Crippen LogP contribution >= 0.6 is 15.9 Å². The number of aromatic nitrogens is 4. The van der Waals surface area contributed by atoms with E-state index in [-0.39, 0.29) is 12.2 Å². The summed E-state index contributed by atoms with van der Waals surface area (Å²) in [4.78, 5) is 12.0. The standard InChI is InChI=1S/C16H14BrFN4O2/c1-10-6-7-15(12(17)8-10)24-9-11-13(18)4-3-5-14(11)22-16(23)21(2)19-20-22/h3-8H,9H2,1-2H3. The molecule has 0 bridgehead atoms. The van der Waals surface area contributed by atoms with Crippen molar-refractivity contribution in [3.8, 4) is 11.4 Å². The fourth-order valence-corrected chi connectivity index (χ4v) is 2.83. The van der Waals surface area contributed by atoms with Gasteiger partial charge in [0, 0.05) is 7.05 Å². The van der Waals surface area contributed by atoms with E-state index in [9.17, 15) is 9.18 Å². The summed E-state index contributed by atoms with van der Waals surface area (Å²) in [6.45, 7) is 1.91. The highest BCUT2D eigenvalue weighted by molar-refractivity contribution is 9.10. The summed E-state index contributed by atoms with van der Waals surface area (Å²) in [7, 11) is 1.48. The van der Waals surface area contributed by atoms with Gasteiger partial charge in [0.1, 0.15) is 18.2 Å². The highest BCUT2D eigenvalue weighted by Crippen LogP contribution is 2.27. The molecule has 1 aromatic heterocycles. The molecule has 2 aromatic carbocycles. The van der Waals surface area contributed by atoms with Crippen LogP contribution in [0.15, 0.2) is 45.7 Å². The second-order valence-corrected chi connectivity index (χ2v) is 6.11. The lowest BCUT2D eigenvalue weighted by molar-refractivity contribution is 0.297. The van der Waals surface area contributed by atoms with Gasteiger partial charge in [0.2, 0.25) is 0 Å². The van der Waals surface area contributed by atoms with E-state index >= 15 is 0 Å². The number of nitrogens with zero attached hydrogens (tertiary/aromatic N) is 4. The third kappa shape index (κ3) is 3.09. The van der Waals surface area contributed by atoms with Crippen LogP contribution in [-0.4, -0.2) is 19.8 Å². The van der Waals surface area contributed by atoms with Gasteiger partial charge in [-0.1, -0.05) is 12.1 Å². The van der Waals surface area contributed by atoms with Gasteiger partial charge < -0.3 is 4.74 Å². The molecule has 0 saturated heterocycles. The van der Waals surface area contributed by atoms with Crippen LogP contribution in [0.1, 0.15) is 11.1 Å². The van der Waals surface area contributed by atoms with Crippen LogP contribution in [0.3, 0.4) is 0 Å². The number of halogens is 2. The zero-order chi connectivity index (χ0) is 17.3. The molecule has 8 heteroatoms. The predicted molar refractivity (Wildman–Crippen MR) is 89.8 cm³/mol. The molecule has 1 heterocycles. The summed E-state index contributed by atoms with van der Waals surface area (Å²) < 4.78 is 22.9. The zero-order valence-corrected chi connectivity index (χ0v) is 14.6. The average molecular weight is 393 g/mol. The number of ether oxygens (including phenoxy) is 1. The number of aryl methyl sites for hydroxylation is 2. The normalized spacial score (nSPS) is 10.8. The van der Waals surface area contributed by atoms with Crippen molar-refractivity contribution in [1.29, 1.82) is 0 Å². The van der Waals surface area contributed by atoms with Gasteiger partial charge >= 0.3 is 5.69 Å². The number of tetrazole rings is 1. The highest BCUT2D eigenvalue weighted by Gasteiger charge is 2.15. The molecule has 0 fully saturated rings. The first-order valence-electron chi connectivity index (χ1n) is 7.13. The summed E-state index contributed by atoms with van der Waals surface area (Å²) >= 11 is 3.42. The van der Waals surface area contributed by atoms with Crippen molar-refractivity contribution in [3.05, 3.63) is 68.3 Å². The fourth-order valence-electron chi connectivity index (χ4n) is 2.23. The summed E-state index contributed by atoms with van der Waals surface area (Å²) in [5.41, 5.74) is 1.15. The highest BCUT2D eigenvalue weighted by atomic mass is 79.9. The SMILES string of the molecule is Cc1ccc(OCc2c(F)cccc2-n2nnn(C)c2=O)c(Br)c1. The Morgan fingerprint density at radius 1 is 1.25 bits per heavy atom. The van der Waals surface area contributed by atoms with Crippen LogP contribution < -0.4 is 10.4 Å². The molecule has 0 aliphatic heterocycles. The minimum absolute atomic E-state index is 0.0489. The molecule has 0 N–H and O–H groups in total. The first-order chi connectivity index (χ1) is 11.5. The number of rotatable bonds is 4. The molecule has 0 atom stereocenters. The van der Waals surface area contributed by atoms with E-state index in [2.05, 4.69) is 26.4 Å². The molecule has 0 amide bonds. The van der Waals surface area contributed by atoms with E-state index in [4.69, 9.17) is 4.74 Å². The van der Waals surface area contributed by atoms with Crippen molar-refractivity contribution in [2.45, 2.75) is 13.5 Å². The minimum Gasteiger partial charge on any atom is -0.488 e.